The molecule has 2 N–H and O–H groups in total. The van der Waals surface area contributed by atoms with Crippen molar-refractivity contribution in [2.45, 2.75) is 38.5 Å². The molecule has 25 heavy (non-hydrogen) atoms. The van der Waals surface area contributed by atoms with E-state index in [0.717, 1.165) is 5.82 Å². The van der Waals surface area contributed by atoms with E-state index in [0.29, 0.717) is 13.0 Å². The van der Waals surface area contributed by atoms with Gasteiger partial charge in [-0.3, -0.25) is 19.1 Å². The average Bonchev–Trinajstić information content (AvgIpc) is 2.92. The predicted octanol–water partition coefficient (Wildman–Crippen LogP) is -0.734. The van der Waals surface area contributed by atoms with E-state index in [9.17, 15) is 19.5 Å². The summed E-state index contributed by atoms with van der Waals surface area (Å²) < 4.78 is 3.07. The highest BCUT2D eigenvalue weighted by atomic mass is 16.3. The van der Waals surface area contributed by atoms with E-state index in [1.54, 1.807) is 28.8 Å². The van der Waals surface area contributed by atoms with Gasteiger partial charge in [0.2, 0.25) is 5.91 Å². The van der Waals surface area contributed by atoms with E-state index < -0.39 is 22.9 Å². The molecule has 2 aromatic rings. The third kappa shape index (κ3) is 3.41. The van der Waals surface area contributed by atoms with E-state index in [1.165, 1.54) is 16.8 Å². The predicted molar refractivity (Wildman–Crippen MR) is 89.1 cm³/mol. The van der Waals surface area contributed by atoms with Gasteiger partial charge in [0.25, 0.3) is 5.56 Å². The minimum absolute atomic E-state index is 0.107. The van der Waals surface area contributed by atoms with Crippen LogP contribution in [0.3, 0.4) is 0 Å². The van der Waals surface area contributed by atoms with Gasteiger partial charge in [-0.2, -0.15) is 0 Å². The SMILES string of the molecule is Cc1nccn1CC(=O)N1CC[C@@H](n2ccc(=O)[nH]c2=O)[C@](C)(O)C1. The molecule has 0 radical (unpaired) electrons. The number of H-pyrrole nitrogens is 1. The van der Waals surface area contributed by atoms with Crippen LogP contribution in [0.4, 0.5) is 0 Å². The van der Waals surface area contributed by atoms with Crippen LogP contribution in [0.25, 0.3) is 0 Å². The Kier molecular flexibility index (Phi) is 4.34. The lowest BCUT2D eigenvalue weighted by Gasteiger charge is -2.43. The molecule has 0 saturated carbocycles. The molecule has 2 aromatic heterocycles. The summed E-state index contributed by atoms with van der Waals surface area (Å²) in [6.07, 6.45) is 5.16. The van der Waals surface area contributed by atoms with Gasteiger partial charge < -0.3 is 14.6 Å². The maximum absolute atomic E-state index is 12.5. The number of nitrogens with zero attached hydrogens (tertiary/aromatic N) is 4. The van der Waals surface area contributed by atoms with Crippen molar-refractivity contribution in [1.82, 2.24) is 24.0 Å². The first-order chi connectivity index (χ1) is 11.8. The molecule has 134 valence electrons. The highest BCUT2D eigenvalue weighted by Crippen LogP contribution is 2.30. The quantitative estimate of drug-likeness (QED) is 0.760. The Bertz CT molecular complexity index is 894. The Morgan fingerprint density at radius 3 is 2.80 bits per heavy atom. The molecular formula is C16H21N5O4. The second-order valence-electron chi connectivity index (χ2n) is 6.60. The van der Waals surface area contributed by atoms with Crippen molar-refractivity contribution in [3.8, 4) is 0 Å². The summed E-state index contributed by atoms with van der Waals surface area (Å²) in [5, 5.41) is 10.8. The normalized spacial score (nSPS) is 23.6. The molecule has 0 aliphatic carbocycles. The van der Waals surface area contributed by atoms with Crippen LogP contribution in [0.2, 0.25) is 0 Å². The van der Waals surface area contributed by atoms with Crippen molar-refractivity contribution in [3.05, 3.63) is 51.3 Å². The van der Waals surface area contributed by atoms with Gasteiger partial charge in [0, 0.05) is 31.2 Å². The molecular weight excluding hydrogens is 326 g/mol. The van der Waals surface area contributed by atoms with Gasteiger partial charge in [-0.25, -0.2) is 9.78 Å². The van der Waals surface area contributed by atoms with Crippen LogP contribution in [0.5, 0.6) is 0 Å². The molecule has 1 aliphatic rings. The summed E-state index contributed by atoms with van der Waals surface area (Å²) in [6, 6.07) is 0.729. The van der Waals surface area contributed by atoms with E-state index in [4.69, 9.17) is 0 Å². The van der Waals surface area contributed by atoms with Crippen LogP contribution in [0.15, 0.2) is 34.2 Å². The maximum Gasteiger partial charge on any atom is 0.328 e. The Labute approximate surface area is 143 Å². The van der Waals surface area contributed by atoms with Gasteiger partial charge in [0.1, 0.15) is 18.0 Å². The largest absolute Gasteiger partial charge is 0.386 e. The van der Waals surface area contributed by atoms with Gasteiger partial charge >= 0.3 is 5.69 Å². The molecule has 3 heterocycles. The summed E-state index contributed by atoms with van der Waals surface area (Å²) in [7, 11) is 0. The number of hydrogen-bond acceptors (Lipinski definition) is 5. The molecule has 9 heteroatoms. The van der Waals surface area contributed by atoms with Crippen molar-refractivity contribution >= 4 is 5.91 Å². The monoisotopic (exact) mass is 347 g/mol. The van der Waals surface area contributed by atoms with Crippen molar-refractivity contribution in [2.75, 3.05) is 13.1 Å². The lowest BCUT2D eigenvalue weighted by molar-refractivity contribution is -0.141. The summed E-state index contributed by atoms with van der Waals surface area (Å²) in [6.45, 7) is 4.09. The minimum atomic E-state index is -1.29. The summed E-state index contributed by atoms with van der Waals surface area (Å²) in [5.41, 5.74) is -2.34. The summed E-state index contributed by atoms with van der Waals surface area (Å²) in [4.78, 5) is 43.6. The van der Waals surface area contributed by atoms with Crippen LogP contribution in [-0.2, 0) is 11.3 Å². The Morgan fingerprint density at radius 2 is 2.20 bits per heavy atom. The molecule has 0 spiro atoms. The van der Waals surface area contributed by atoms with Gasteiger partial charge in [0.15, 0.2) is 0 Å². The van der Waals surface area contributed by atoms with E-state index in [2.05, 4.69) is 9.97 Å². The number of imidazole rings is 1. The number of rotatable bonds is 3. The Hall–Kier alpha value is -2.68. The highest BCUT2D eigenvalue weighted by molar-refractivity contribution is 5.76. The second-order valence-corrected chi connectivity index (χ2v) is 6.60. The fourth-order valence-electron chi connectivity index (χ4n) is 3.30. The topological polar surface area (TPSA) is 113 Å². The highest BCUT2D eigenvalue weighted by Gasteiger charge is 2.41. The third-order valence-corrected chi connectivity index (χ3v) is 4.67. The molecule has 9 nitrogen and oxygen atoms in total. The van der Waals surface area contributed by atoms with Gasteiger partial charge in [0.05, 0.1) is 12.6 Å². The number of β-amino-alcohol motifs (C(OH)–C–C–N with tert-alkyl or cyclic N) is 1. The number of aliphatic hydroxyl groups is 1. The van der Waals surface area contributed by atoms with Gasteiger partial charge in [-0.05, 0) is 20.3 Å². The third-order valence-electron chi connectivity index (χ3n) is 4.67. The number of aryl methyl sites for hydroxylation is 1. The number of likely N-dealkylation sites (tertiary alicyclic amines) is 1. The summed E-state index contributed by atoms with van der Waals surface area (Å²) in [5.74, 6) is 0.628. The first-order valence-corrected chi connectivity index (χ1v) is 8.07. The zero-order chi connectivity index (χ0) is 18.2. The number of piperidine rings is 1. The number of aromatic amines is 1. The molecule has 2 atom stereocenters. The van der Waals surface area contributed by atoms with Crippen LogP contribution < -0.4 is 11.2 Å². The maximum atomic E-state index is 12.5. The molecule has 3 rings (SSSR count). The minimum Gasteiger partial charge on any atom is -0.386 e. The first-order valence-electron chi connectivity index (χ1n) is 8.07. The molecule has 0 unspecified atom stereocenters. The smallest absolute Gasteiger partial charge is 0.328 e. The lowest BCUT2D eigenvalue weighted by atomic mass is 9.88. The van der Waals surface area contributed by atoms with E-state index in [-0.39, 0.29) is 19.0 Å². The van der Waals surface area contributed by atoms with E-state index >= 15 is 0 Å². The fourth-order valence-corrected chi connectivity index (χ4v) is 3.30. The number of amides is 1. The Morgan fingerprint density at radius 1 is 1.44 bits per heavy atom. The van der Waals surface area contributed by atoms with Gasteiger partial charge in [-0.1, -0.05) is 0 Å². The van der Waals surface area contributed by atoms with Gasteiger partial charge in [-0.15, -0.1) is 0 Å². The van der Waals surface area contributed by atoms with Crippen LogP contribution >= 0.6 is 0 Å². The number of nitrogens with one attached hydrogen (secondary N) is 1. The lowest BCUT2D eigenvalue weighted by Crippen LogP contribution is -2.56. The molecule has 1 aliphatic heterocycles. The van der Waals surface area contributed by atoms with Crippen LogP contribution in [0, 0.1) is 6.92 Å². The molecule has 0 aromatic carbocycles. The zero-order valence-corrected chi connectivity index (χ0v) is 14.2. The number of carbonyl (C=O) groups is 1. The summed E-state index contributed by atoms with van der Waals surface area (Å²) >= 11 is 0. The van der Waals surface area contributed by atoms with Crippen molar-refractivity contribution in [1.29, 1.82) is 0 Å². The number of carbonyl (C=O) groups excluding carboxylic acids is 1. The van der Waals surface area contributed by atoms with Crippen molar-refractivity contribution in [3.63, 3.8) is 0 Å². The number of aromatic nitrogens is 4. The molecule has 0 bridgehead atoms. The van der Waals surface area contributed by atoms with E-state index in [1.807, 2.05) is 6.92 Å². The van der Waals surface area contributed by atoms with Crippen LogP contribution in [0.1, 0.15) is 25.2 Å². The van der Waals surface area contributed by atoms with Crippen LogP contribution in [-0.4, -0.2) is 53.7 Å². The van der Waals surface area contributed by atoms with Crippen molar-refractivity contribution < 1.29 is 9.90 Å². The molecule has 1 fully saturated rings. The standard InChI is InChI=1S/C16H21N5O4/c1-11-17-5-8-19(11)9-14(23)20-6-3-12(16(2,25)10-20)21-7-4-13(22)18-15(21)24/h4-5,7-8,12,25H,3,6,9-10H2,1-2H3,(H,18,22,24)/t12-,16-/m1/s1. The second kappa shape index (κ2) is 6.32. The number of hydrogen-bond donors (Lipinski definition) is 2. The molecule has 1 amide bonds. The fraction of sp³-hybridized carbons (Fsp3) is 0.500. The average molecular weight is 347 g/mol. The molecule has 1 saturated heterocycles. The Balaban J connectivity index is 1.76. The van der Waals surface area contributed by atoms with Crippen molar-refractivity contribution in [2.24, 2.45) is 0 Å². The first kappa shape index (κ1) is 17.2. The zero-order valence-electron chi connectivity index (χ0n) is 14.2.